The molecule has 29 heavy (non-hydrogen) atoms. The molecular formula is C21H21F2N3O3. The summed E-state index contributed by atoms with van der Waals surface area (Å²) in [4.78, 5) is 39.9. The number of amides is 4. The van der Waals surface area contributed by atoms with Crippen LogP contribution < -0.4 is 5.32 Å². The molecule has 2 aromatic carbocycles. The van der Waals surface area contributed by atoms with E-state index >= 15 is 0 Å². The molecule has 0 saturated carbocycles. The van der Waals surface area contributed by atoms with Crippen molar-refractivity contribution in [2.24, 2.45) is 0 Å². The van der Waals surface area contributed by atoms with Gasteiger partial charge in [-0.15, -0.1) is 0 Å². The highest BCUT2D eigenvalue weighted by atomic mass is 19.1. The Bertz CT molecular complexity index is 995. The molecule has 3 rings (SSSR count). The highest BCUT2D eigenvalue weighted by Crippen LogP contribution is 2.31. The quantitative estimate of drug-likeness (QED) is 0.784. The van der Waals surface area contributed by atoms with Crippen LogP contribution in [-0.4, -0.2) is 41.2 Å². The number of hydrogen-bond acceptors (Lipinski definition) is 3. The van der Waals surface area contributed by atoms with Gasteiger partial charge in [0.2, 0.25) is 5.91 Å². The first-order valence-corrected chi connectivity index (χ1v) is 9.01. The summed E-state index contributed by atoms with van der Waals surface area (Å²) in [6.45, 7) is 3.02. The number of urea groups is 1. The van der Waals surface area contributed by atoms with Crippen molar-refractivity contribution in [1.82, 2.24) is 15.1 Å². The third kappa shape index (κ3) is 3.83. The second kappa shape index (κ2) is 7.62. The van der Waals surface area contributed by atoms with Gasteiger partial charge in [0.1, 0.15) is 23.7 Å². The van der Waals surface area contributed by atoms with Gasteiger partial charge in [-0.25, -0.2) is 13.6 Å². The third-order valence-corrected chi connectivity index (χ3v) is 5.13. The van der Waals surface area contributed by atoms with Gasteiger partial charge in [0.25, 0.3) is 5.91 Å². The van der Waals surface area contributed by atoms with Crippen LogP contribution in [0.15, 0.2) is 42.5 Å². The highest BCUT2D eigenvalue weighted by Gasteiger charge is 2.51. The second-order valence-corrected chi connectivity index (χ2v) is 7.25. The second-order valence-electron chi connectivity index (χ2n) is 7.25. The van der Waals surface area contributed by atoms with E-state index in [-0.39, 0.29) is 5.56 Å². The van der Waals surface area contributed by atoms with Crippen molar-refractivity contribution >= 4 is 17.8 Å². The Morgan fingerprint density at radius 2 is 1.86 bits per heavy atom. The Labute approximate surface area is 167 Å². The van der Waals surface area contributed by atoms with E-state index in [1.807, 2.05) is 31.2 Å². The van der Waals surface area contributed by atoms with Gasteiger partial charge in [-0.2, -0.15) is 0 Å². The van der Waals surface area contributed by atoms with Crippen molar-refractivity contribution in [1.29, 1.82) is 0 Å². The Balaban J connectivity index is 1.77. The first-order valence-electron chi connectivity index (χ1n) is 9.01. The van der Waals surface area contributed by atoms with Crippen molar-refractivity contribution in [3.05, 3.63) is 70.8 Å². The molecule has 0 bridgehead atoms. The topological polar surface area (TPSA) is 69.7 Å². The minimum Gasteiger partial charge on any atom is -0.340 e. The first kappa shape index (κ1) is 20.4. The summed E-state index contributed by atoms with van der Waals surface area (Å²) in [5.41, 5.74) is -0.138. The number of nitrogens with zero attached hydrogens (tertiary/aromatic N) is 2. The molecule has 1 saturated heterocycles. The average molecular weight is 401 g/mol. The molecule has 1 aliphatic heterocycles. The fraction of sp³-hybridized carbons (Fsp3) is 0.286. The van der Waals surface area contributed by atoms with Gasteiger partial charge in [-0.3, -0.25) is 14.5 Å². The highest BCUT2D eigenvalue weighted by molar-refractivity contribution is 6.09. The van der Waals surface area contributed by atoms with Gasteiger partial charge in [-0.1, -0.05) is 24.3 Å². The van der Waals surface area contributed by atoms with Crippen LogP contribution in [0.5, 0.6) is 0 Å². The van der Waals surface area contributed by atoms with Gasteiger partial charge in [0, 0.05) is 19.2 Å². The summed E-state index contributed by atoms with van der Waals surface area (Å²) in [6.07, 6.45) is 0. The number of aryl methyl sites for hydroxylation is 1. The number of likely N-dealkylation sites (N-methyl/N-ethyl adjacent to an activating group) is 1. The van der Waals surface area contributed by atoms with E-state index in [4.69, 9.17) is 0 Å². The molecule has 0 aliphatic carbocycles. The third-order valence-electron chi connectivity index (χ3n) is 5.13. The zero-order valence-electron chi connectivity index (χ0n) is 16.3. The number of nitrogens with one attached hydrogen (secondary N) is 1. The van der Waals surface area contributed by atoms with E-state index in [0.29, 0.717) is 6.54 Å². The molecule has 0 spiro atoms. The average Bonchev–Trinajstić information content (AvgIpc) is 2.89. The number of benzene rings is 2. The number of hydrogen-bond donors (Lipinski definition) is 1. The Morgan fingerprint density at radius 3 is 2.55 bits per heavy atom. The number of carbonyl (C=O) groups is 3. The number of imide groups is 1. The standard InChI is InChI=1S/C21H21F2N3O3/c1-13-6-4-5-7-14(13)11-25(3)18(27)12-26-19(28)21(2,24-20(26)29)16-10-15(22)8-9-17(16)23/h4-10H,11-12H2,1-3H3,(H,24,29). The van der Waals surface area contributed by atoms with E-state index in [9.17, 15) is 23.2 Å². The predicted molar refractivity (Wildman–Crippen MR) is 102 cm³/mol. The molecule has 0 radical (unpaired) electrons. The first-order chi connectivity index (χ1) is 13.6. The molecule has 1 heterocycles. The van der Waals surface area contributed by atoms with E-state index < -0.39 is 41.6 Å². The number of rotatable bonds is 5. The van der Waals surface area contributed by atoms with Gasteiger partial charge < -0.3 is 10.2 Å². The van der Waals surface area contributed by atoms with Crippen LogP contribution >= 0.6 is 0 Å². The molecule has 8 heteroatoms. The van der Waals surface area contributed by atoms with Crippen LogP contribution in [0.25, 0.3) is 0 Å². The molecule has 6 nitrogen and oxygen atoms in total. The van der Waals surface area contributed by atoms with Crippen molar-refractivity contribution in [3.63, 3.8) is 0 Å². The van der Waals surface area contributed by atoms with Crippen LogP contribution in [0.2, 0.25) is 0 Å². The Hall–Kier alpha value is -3.29. The lowest BCUT2D eigenvalue weighted by molar-refractivity contribution is -0.138. The monoisotopic (exact) mass is 401 g/mol. The van der Waals surface area contributed by atoms with Crippen LogP contribution in [0.3, 0.4) is 0 Å². The van der Waals surface area contributed by atoms with Gasteiger partial charge in [0.05, 0.1) is 0 Å². The van der Waals surface area contributed by atoms with Crippen LogP contribution in [-0.2, 0) is 21.7 Å². The van der Waals surface area contributed by atoms with Gasteiger partial charge in [0.15, 0.2) is 0 Å². The largest absolute Gasteiger partial charge is 0.340 e. The summed E-state index contributed by atoms with van der Waals surface area (Å²) in [7, 11) is 1.57. The zero-order valence-corrected chi connectivity index (χ0v) is 16.3. The summed E-state index contributed by atoms with van der Waals surface area (Å²) in [5.74, 6) is -2.84. The maximum absolute atomic E-state index is 14.2. The predicted octanol–water partition coefficient (Wildman–Crippen LogP) is 2.70. The minimum atomic E-state index is -1.79. The molecule has 2 aromatic rings. The minimum absolute atomic E-state index is 0.293. The molecular weight excluding hydrogens is 380 g/mol. The van der Waals surface area contributed by atoms with E-state index in [0.717, 1.165) is 34.2 Å². The van der Waals surface area contributed by atoms with Gasteiger partial charge >= 0.3 is 6.03 Å². The van der Waals surface area contributed by atoms with Crippen LogP contribution in [0.4, 0.5) is 13.6 Å². The molecule has 1 aliphatic rings. The molecule has 152 valence electrons. The summed E-state index contributed by atoms with van der Waals surface area (Å²) in [6, 6.07) is 9.39. The summed E-state index contributed by atoms with van der Waals surface area (Å²) >= 11 is 0. The SMILES string of the molecule is Cc1ccccc1CN(C)C(=O)CN1C(=O)NC(C)(c2cc(F)ccc2F)C1=O. The summed E-state index contributed by atoms with van der Waals surface area (Å²) in [5, 5.41) is 2.38. The molecule has 4 amide bonds. The van der Waals surface area contributed by atoms with Crippen LogP contribution in [0, 0.1) is 18.6 Å². The molecule has 1 unspecified atom stereocenters. The van der Waals surface area contributed by atoms with Crippen LogP contribution in [0.1, 0.15) is 23.6 Å². The zero-order chi connectivity index (χ0) is 21.3. The van der Waals surface area contributed by atoms with Crippen molar-refractivity contribution in [3.8, 4) is 0 Å². The van der Waals surface area contributed by atoms with E-state index in [1.54, 1.807) is 7.05 Å². The maximum Gasteiger partial charge on any atom is 0.325 e. The Morgan fingerprint density at radius 1 is 1.17 bits per heavy atom. The van der Waals surface area contributed by atoms with Gasteiger partial charge in [-0.05, 0) is 43.2 Å². The number of halogens is 2. The maximum atomic E-state index is 14.2. The van der Waals surface area contributed by atoms with E-state index in [1.165, 1.54) is 11.8 Å². The fourth-order valence-corrected chi connectivity index (χ4v) is 3.29. The molecule has 1 N–H and O–H groups in total. The Kier molecular flexibility index (Phi) is 5.37. The molecule has 0 aromatic heterocycles. The molecule has 1 fully saturated rings. The summed E-state index contributed by atoms with van der Waals surface area (Å²) < 4.78 is 27.8. The molecule has 1 atom stereocenters. The lowest BCUT2D eigenvalue weighted by Crippen LogP contribution is -2.44. The normalized spacial score (nSPS) is 18.7. The lowest BCUT2D eigenvalue weighted by Gasteiger charge is -2.24. The van der Waals surface area contributed by atoms with E-state index in [2.05, 4.69) is 5.32 Å². The smallest absolute Gasteiger partial charge is 0.325 e. The fourth-order valence-electron chi connectivity index (χ4n) is 3.29. The van der Waals surface area contributed by atoms with Crippen molar-refractivity contribution < 1.29 is 23.2 Å². The number of carbonyl (C=O) groups excluding carboxylic acids is 3. The van der Waals surface area contributed by atoms with Crippen molar-refractivity contribution in [2.75, 3.05) is 13.6 Å². The lowest BCUT2D eigenvalue weighted by atomic mass is 9.91. The van der Waals surface area contributed by atoms with Crippen molar-refractivity contribution in [2.45, 2.75) is 25.9 Å².